The van der Waals surface area contributed by atoms with Gasteiger partial charge in [0.2, 0.25) is 5.91 Å². The first-order valence-corrected chi connectivity index (χ1v) is 13.2. The molecule has 7 nitrogen and oxygen atoms in total. The van der Waals surface area contributed by atoms with E-state index in [0.29, 0.717) is 6.42 Å². The number of nitrogens with zero attached hydrogens (tertiary/aromatic N) is 1. The Morgan fingerprint density at radius 2 is 1.43 bits per heavy atom. The van der Waals surface area contributed by atoms with E-state index in [9.17, 15) is 19.5 Å². The third kappa shape index (κ3) is 4.49. The number of nitrogens with two attached hydrogens (primary N) is 1. The fraction of sp³-hybridized carbons (Fsp3) is 0.182. The smallest absolute Gasteiger partial charge is 0.410 e. The van der Waals surface area contributed by atoms with Gasteiger partial charge in [-0.05, 0) is 56.5 Å². The van der Waals surface area contributed by atoms with E-state index in [1.54, 1.807) is 0 Å². The molecule has 0 saturated carbocycles. The largest absolute Gasteiger partial charge is 0.480 e. The molecule has 0 aliphatic heterocycles. The molecule has 4 aromatic rings. The zero-order valence-electron chi connectivity index (χ0n) is 21.7. The van der Waals surface area contributed by atoms with E-state index in [4.69, 9.17) is 10.5 Å². The van der Waals surface area contributed by atoms with Gasteiger partial charge in [-0.2, -0.15) is 0 Å². The van der Waals surface area contributed by atoms with Crippen LogP contribution in [0.25, 0.3) is 22.3 Å². The highest BCUT2D eigenvalue weighted by atomic mass is 16.6. The van der Waals surface area contributed by atoms with Gasteiger partial charge in [-0.3, -0.25) is 9.69 Å². The van der Waals surface area contributed by atoms with Crippen molar-refractivity contribution < 1.29 is 24.2 Å². The molecule has 6 rings (SSSR count). The summed E-state index contributed by atoms with van der Waals surface area (Å²) in [4.78, 5) is 39.0. The van der Waals surface area contributed by atoms with Gasteiger partial charge in [-0.1, -0.05) is 91.0 Å². The lowest BCUT2D eigenvalue weighted by molar-refractivity contribution is -0.145. The van der Waals surface area contributed by atoms with Crippen LogP contribution in [-0.2, 0) is 27.3 Å². The number of ether oxygens (including phenoxy) is 1. The summed E-state index contributed by atoms with van der Waals surface area (Å²) in [5.41, 5.74) is 14.9. The highest BCUT2D eigenvalue weighted by Crippen LogP contribution is 2.44. The normalized spacial score (nSPS) is 13.5. The first-order chi connectivity index (χ1) is 19.4. The van der Waals surface area contributed by atoms with Crippen molar-refractivity contribution in [3.63, 3.8) is 0 Å². The molecule has 4 aromatic carbocycles. The standard InChI is InChI=1S/C33H28N2O5/c34-31(36)17-30(32(37)38)35(18-21-9-7-15-23-22-10-2-1-8-20(22)16-28(21)23)33(39)40-19-29-26-13-5-3-11-24(26)25-12-4-6-14-27(25)29/h1-15,29-30H,16-19H2,(H2,34,36)(H,37,38)/t30-/m0/s1. The molecule has 0 spiro atoms. The topological polar surface area (TPSA) is 110 Å². The summed E-state index contributed by atoms with van der Waals surface area (Å²) in [6, 6.07) is 28.4. The van der Waals surface area contributed by atoms with E-state index in [1.807, 2.05) is 78.9 Å². The van der Waals surface area contributed by atoms with Crippen molar-refractivity contribution >= 4 is 18.0 Å². The van der Waals surface area contributed by atoms with Gasteiger partial charge < -0.3 is 15.6 Å². The Labute approximate surface area is 231 Å². The second kappa shape index (κ2) is 10.3. The molecule has 3 N–H and O–H groups in total. The minimum absolute atomic E-state index is 0.0297. The van der Waals surface area contributed by atoms with Crippen molar-refractivity contribution in [2.75, 3.05) is 6.61 Å². The number of carboxylic acid groups (broad SMARTS) is 1. The second-order valence-electron chi connectivity index (χ2n) is 10.2. The molecule has 7 heteroatoms. The van der Waals surface area contributed by atoms with Crippen LogP contribution in [0.3, 0.4) is 0 Å². The third-order valence-electron chi connectivity index (χ3n) is 7.91. The van der Waals surface area contributed by atoms with E-state index in [0.717, 1.165) is 49.4 Å². The predicted molar refractivity (Wildman–Crippen MR) is 151 cm³/mol. The molecule has 200 valence electrons. The zero-order valence-corrected chi connectivity index (χ0v) is 21.7. The van der Waals surface area contributed by atoms with Gasteiger partial charge in [0.1, 0.15) is 12.6 Å². The third-order valence-corrected chi connectivity index (χ3v) is 7.91. The average molecular weight is 533 g/mol. The van der Waals surface area contributed by atoms with E-state index in [1.165, 1.54) is 5.56 Å². The molecular formula is C33H28N2O5. The Morgan fingerprint density at radius 1 is 0.825 bits per heavy atom. The number of benzene rings is 4. The van der Waals surface area contributed by atoms with Crippen LogP contribution in [0.5, 0.6) is 0 Å². The van der Waals surface area contributed by atoms with Gasteiger partial charge in [0.15, 0.2) is 0 Å². The van der Waals surface area contributed by atoms with Gasteiger partial charge >= 0.3 is 12.1 Å². The number of hydrogen-bond acceptors (Lipinski definition) is 4. The summed E-state index contributed by atoms with van der Waals surface area (Å²) in [6.07, 6.45) is -0.647. The number of aliphatic carboxylic acids is 1. The van der Waals surface area contributed by atoms with Crippen LogP contribution in [0.1, 0.15) is 40.2 Å². The minimum atomic E-state index is -1.47. The van der Waals surface area contributed by atoms with Crippen molar-refractivity contribution in [1.82, 2.24) is 4.90 Å². The zero-order chi connectivity index (χ0) is 27.8. The fourth-order valence-corrected chi connectivity index (χ4v) is 6.06. The van der Waals surface area contributed by atoms with Crippen molar-refractivity contribution in [2.24, 2.45) is 5.73 Å². The molecule has 2 amide bonds. The van der Waals surface area contributed by atoms with Gasteiger partial charge in [-0.15, -0.1) is 0 Å². The lowest BCUT2D eigenvalue weighted by Crippen LogP contribution is -2.47. The molecule has 0 fully saturated rings. The fourth-order valence-electron chi connectivity index (χ4n) is 6.06. The van der Waals surface area contributed by atoms with Crippen LogP contribution < -0.4 is 5.73 Å². The highest BCUT2D eigenvalue weighted by molar-refractivity contribution is 5.87. The van der Waals surface area contributed by atoms with Crippen LogP contribution in [-0.4, -0.2) is 40.6 Å². The van der Waals surface area contributed by atoms with Crippen LogP contribution in [0.2, 0.25) is 0 Å². The van der Waals surface area contributed by atoms with Gasteiger partial charge in [0, 0.05) is 5.92 Å². The van der Waals surface area contributed by atoms with Gasteiger partial charge in [-0.25, -0.2) is 9.59 Å². The Kier molecular flexibility index (Phi) is 6.56. The first-order valence-electron chi connectivity index (χ1n) is 13.2. The molecule has 2 aliphatic carbocycles. The maximum atomic E-state index is 13.7. The summed E-state index contributed by atoms with van der Waals surface area (Å²) in [5.74, 6) is -2.31. The van der Waals surface area contributed by atoms with Crippen LogP contribution in [0.4, 0.5) is 4.79 Å². The molecule has 40 heavy (non-hydrogen) atoms. The van der Waals surface area contributed by atoms with E-state index >= 15 is 0 Å². The molecule has 1 atom stereocenters. The number of carbonyl (C=O) groups excluding carboxylic acids is 2. The van der Waals surface area contributed by atoms with Crippen molar-refractivity contribution in [3.8, 4) is 22.3 Å². The van der Waals surface area contributed by atoms with E-state index in [2.05, 4.69) is 12.1 Å². The molecule has 0 saturated heterocycles. The van der Waals surface area contributed by atoms with Crippen molar-refractivity contribution in [1.29, 1.82) is 0 Å². The molecule has 2 aliphatic rings. The molecule has 0 bridgehead atoms. The summed E-state index contributed by atoms with van der Waals surface area (Å²) in [5, 5.41) is 10.0. The molecule has 0 heterocycles. The Bertz CT molecular complexity index is 1600. The predicted octanol–water partition coefficient (Wildman–Crippen LogP) is 5.34. The lowest BCUT2D eigenvalue weighted by atomic mass is 9.98. The molecule has 0 radical (unpaired) electrons. The molecular weight excluding hydrogens is 504 g/mol. The summed E-state index contributed by atoms with van der Waals surface area (Å²) >= 11 is 0. The summed E-state index contributed by atoms with van der Waals surface area (Å²) in [7, 11) is 0. The van der Waals surface area contributed by atoms with Crippen LogP contribution >= 0.6 is 0 Å². The number of fused-ring (bicyclic) bond motifs is 6. The van der Waals surface area contributed by atoms with E-state index in [-0.39, 0.29) is 19.1 Å². The van der Waals surface area contributed by atoms with Crippen molar-refractivity contribution in [3.05, 3.63) is 119 Å². The molecule has 0 unspecified atom stereocenters. The lowest BCUT2D eigenvalue weighted by Gasteiger charge is -2.29. The maximum Gasteiger partial charge on any atom is 0.410 e. The monoisotopic (exact) mass is 532 g/mol. The Morgan fingerprint density at radius 3 is 2.08 bits per heavy atom. The minimum Gasteiger partial charge on any atom is -0.480 e. The van der Waals surface area contributed by atoms with Gasteiger partial charge in [0.25, 0.3) is 0 Å². The summed E-state index contributed by atoms with van der Waals surface area (Å²) in [6.45, 7) is 0.00267. The van der Waals surface area contributed by atoms with Crippen molar-refractivity contribution in [2.45, 2.75) is 31.3 Å². The number of carbonyl (C=O) groups is 3. The van der Waals surface area contributed by atoms with Crippen LogP contribution in [0, 0.1) is 0 Å². The Hall–Kier alpha value is -4.91. The highest BCUT2D eigenvalue weighted by Gasteiger charge is 2.35. The quantitative estimate of drug-likeness (QED) is 0.280. The second-order valence-corrected chi connectivity index (χ2v) is 10.2. The van der Waals surface area contributed by atoms with E-state index < -0.39 is 30.4 Å². The number of amides is 2. The first kappa shape index (κ1) is 25.4. The van der Waals surface area contributed by atoms with Gasteiger partial charge in [0.05, 0.1) is 13.0 Å². The SMILES string of the molecule is NC(=O)C[C@@H](C(=O)O)N(Cc1cccc2c1Cc1ccccc1-2)C(=O)OCC1c2ccccc2-c2ccccc21. The number of carboxylic acids is 1. The average Bonchev–Trinajstić information content (AvgIpc) is 3.50. The summed E-state index contributed by atoms with van der Waals surface area (Å²) < 4.78 is 5.84. The van der Waals surface area contributed by atoms with Crippen LogP contribution in [0.15, 0.2) is 91.0 Å². The molecule has 0 aromatic heterocycles. The number of hydrogen-bond donors (Lipinski definition) is 2. The number of primary amides is 1. The number of rotatable bonds is 8. The Balaban J connectivity index is 1.30. The maximum absolute atomic E-state index is 13.7.